The fourth-order valence-corrected chi connectivity index (χ4v) is 8.81. The topological polar surface area (TPSA) is 74.1 Å². The second-order valence-electron chi connectivity index (χ2n) is 22.1. The molecule has 67 heavy (non-hydrogen) atoms. The molecule has 0 bridgehead atoms. The summed E-state index contributed by atoms with van der Waals surface area (Å²) in [6.45, 7) is 31.1. The van der Waals surface area contributed by atoms with Gasteiger partial charge in [0.15, 0.2) is 0 Å². The molecule has 0 N–H and O–H groups in total. The number of aromatic nitrogens is 3. The fourth-order valence-electron chi connectivity index (χ4n) is 8.81. The third-order valence-corrected chi connectivity index (χ3v) is 12.5. The van der Waals surface area contributed by atoms with Crippen molar-refractivity contribution in [2.45, 2.75) is 125 Å². The number of pyridine rings is 2. The first kappa shape index (κ1) is 48.7. The molecule has 9 rings (SSSR count). The number of hydrogen-bond donors (Lipinski definition) is 0. The van der Waals surface area contributed by atoms with Gasteiger partial charge in [0, 0.05) is 61.9 Å². The maximum Gasteiger partial charge on any atom is 0.468 e. The monoisotopic (exact) mass is 1070 g/mol. The third kappa shape index (κ3) is 9.67. The van der Waals surface area contributed by atoms with Crippen LogP contribution in [-0.2, 0) is 63.6 Å². The number of fused-ring (bicyclic) bond motifs is 4. The van der Waals surface area contributed by atoms with Gasteiger partial charge in [-0.05, 0) is 68.3 Å². The largest absolute Gasteiger partial charge is 0.492 e. The summed E-state index contributed by atoms with van der Waals surface area (Å²) in [5, 5.41) is 1.73. The van der Waals surface area contributed by atoms with E-state index in [0.717, 1.165) is 78.2 Å². The number of aryl methyl sites for hydroxylation is 1. The van der Waals surface area contributed by atoms with Crippen LogP contribution in [0.25, 0.3) is 27.6 Å². The molecular formula is C54H61B3N5O4Pt-3. The molecule has 13 heteroatoms. The minimum atomic E-state index is -0.673. The molecule has 5 heterocycles. The van der Waals surface area contributed by atoms with Gasteiger partial charge in [0.1, 0.15) is 5.82 Å². The number of ether oxygens (including phenoxy) is 1. The van der Waals surface area contributed by atoms with E-state index in [4.69, 9.17) is 28.4 Å². The summed E-state index contributed by atoms with van der Waals surface area (Å²) in [7, 11) is -1.63. The number of benzene rings is 4. The van der Waals surface area contributed by atoms with Crippen molar-refractivity contribution in [3.05, 3.63) is 150 Å². The molecule has 1 fully saturated rings. The van der Waals surface area contributed by atoms with Gasteiger partial charge >= 0.3 is 21.4 Å². The summed E-state index contributed by atoms with van der Waals surface area (Å²) in [6.07, 6.45) is 3.80. The Morgan fingerprint density at radius 3 is 2.01 bits per heavy atom. The molecule has 0 amide bonds. The van der Waals surface area contributed by atoms with Crippen LogP contribution in [0.15, 0.2) is 103 Å². The maximum atomic E-state index is 6.77. The number of rotatable bonds is 8. The van der Waals surface area contributed by atoms with E-state index in [0.29, 0.717) is 13.2 Å². The number of nitrogens with zero attached hydrogens (tertiary/aromatic N) is 5. The second kappa shape index (κ2) is 18.3. The predicted molar refractivity (Wildman–Crippen MR) is 272 cm³/mol. The van der Waals surface area contributed by atoms with Crippen LogP contribution in [0.3, 0.4) is 0 Å². The van der Waals surface area contributed by atoms with Crippen LogP contribution in [0, 0.1) is 25.7 Å². The van der Waals surface area contributed by atoms with Gasteiger partial charge in [-0.2, -0.15) is 24.3 Å². The number of hydrogen-bond acceptors (Lipinski definition) is 8. The quantitative estimate of drug-likeness (QED) is 0.110. The van der Waals surface area contributed by atoms with Gasteiger partial charge in [0.2, 0.25) is 0 Å². The van der Waals surface area contributed by atoms with Crippen molar-refractivity contribution >= 4 is 71.4 Å². The van der Waals surface area contributed by atoms with E-state index in [1.165, 1.54) is 5.56 Å². The van der Waals surface area contributed by atoms with Crippen LogP contribution in [0.2, 0.25) is 10.6 Å². The summed E-state index contributed by atoms with van der Waals surface area (Å²) >= 11 is 0. The summed E-state index contributed by atoms with van der Waals surface area (Å²) < 4.78 is 28.8. The van der Waals surface area contributed by atoms with E-state index in [-0.39, 0.29) is 42.5 Å². The van der Waals surface area contributed by atoms with Gasteiger partial charge in [-0.3, -0.25) is 0 Å². The number of para-hydroxylation sites is 4. The van der Waals surface area contributed by atoms with Crippen LogP contribution < -0.4 is 15.3 Å². The fraction of sp³-hybridized carbons (Fsp3) is 0.352. The Kier molecular flexibility index (Phi) is 13.3. The molecule has 9 nitrogen and oxygen atoms in total. The van der Waals surface area contributed by atoms with E-state index in [9.17, 15) is 0 Å². The summed E-state index contributed by atoms with van der Waals surface area (Å²) in [5.74, 6) is 0.877. The first-order valence-electron chi connectivity index (χ1n) is 23.2. The molecule has 348 valence electrons. The molecule has 2 aliphatic rings. The average molecular weight is 1070 g/mol. The Bertz CT molecular complexity index is 2910. The molecule has 0 radical (unpaired) electrons. The van der Waals surface area contributed by atoms with Gasteiger partial charge in [0.05, 0.1) is 6.61 Å². The van der Waals surface area contributed by atoms with Gasteiger partial charge in [-0.25, -0.2) is 4.98 Å². The zero-order chi connectivity index (χ0) is 46.9. The average Bonchev–Trinajstić information content (AvgIpc) is 3.81. The summed E-state index contributed by atoms with van der Waals surface area (Å²) in [4.78, 5) is 14.2. The molecule has 0 saturated carbocycles. The van der Waals surface area contributed by atoms with Gasteiger partial charge in [-0.15, -0.1) is 23.2 Å². The van der Waals surface area contributed by atoms with E-state index in [2.05, 4.69) is 207 Å². The van der Waals surface area contributed by atoms with Crippen LogP contribution in [-0.4, -0.2) is 35.9 Å². The molecule has 0 atom stereocenters. The second-order valence-corrected chi connectivity index (χ2v) is 22.1. The van der Waals surface area contributed by atoms with Crippen LogP contribution in [0.1, 0.15) is 111 Å². The zero-order valence-electron chi connectivity index (χ0n) is 41.2. The maximum absolute atomic E-state index is 6.77. The Labute approximate surface area is 413 Å². The molecule has 4 aromatic carbocycles. The van der Waals surface area contributed by atoms with Crippen LogP contribution in [0.5, 0.6) is 0 Å². The molecular weight excluding hydrogens is 1010 g/mol. The normalized spacial score (nSPS) is 14.9. The van der Waals surface area contributed by atoms with Crippen molar-refractivity contribution < 1.29 is 39.5 Å². The first-order chi connectivity index (χ1) is 31.2. The SMILES string of the molecule is Cc1ncc(N2[CH-]N(c3c(B4OB(C(C)(C)C)OB(C(C)(C)C)O4)cccc3C(C)(C)C)c3ccccc32)[c-]c1COCc1[c-]c2c(cc1)c1ccccc1n2-c1cc(C(C)(C)C)ccn1.[Pt]. The summed E-state index contributed by atoms with van der Waals surface area (Å²) in [6, 6.07) is 39.4. The minimum absolute atomic E-state index is 0. The van der Waals surface area contributed by atoms with Gasteiger partial charge in [0.25, 0.3) is 0 Å². The zero-order valence-corrected chi connectivity index (χ0v) is 43.5. The molecule has 2 aliphatic heterocycles. The molecule has 1 saturated heterocycles. The van der Waals surface area contributed by atoms with Gasteiger partial charge in [-0.1, -0.05) is 162 Å². The Balaban J connectivity index is 0.00000608. The van der Waals surface area contributed by atoms with Crippen molar-refractivity contribution in [1.29, 1.82) is 0 Å². The summed E-state index contributed by atoms with van der Waals surface area (Å²) in [5.41, 5.74) is 11.7. The minimum Gasteiger partial charge on any atom is -0.492 e. The number of anilines is 4. The predicted octanol–water partition coefficient (Wildman–Crippen LogP) is 12.5. The smallest absolute Gasteiger partial charge is 0.468 e. The van der Waals surface area contributed by atoms with Crippen molar-refractivity contribution in [2.24, 2.45) is 0 Å². The molecule has 0 aliphatic carbocycles. The molecule has 0 spiro atoms. The Morgan fingerprint density at radius 2 is 1.34 bits per heavy atom. The Hall–Kier alpha value is -4.70. The standard InChI is InChI=1S/C54H61B3N5O4.Pt/c1-36-38(34-63-33-37-25-26-42-41-19-14-15-22-45(41)62(48(42)29-37)49-31-39(27-28-58-49)51(2,3)4)30-40(32-59-36)60-35-61(47-24-17-16-23-46(47)60)50-43(52(5,6)7)20-18-21-44(50)55-64-56(53(8,9)10)66-57(65-55)54(11,12)13;/h14-28,31-32,35H,33-34H2,1-13H3;/q-3;. The third-order valence-electron chi connectivity index (χ3n) is 12.5. The Morgan fingerprint density at radius 1 is 0.672 bits per heavy atom. The van der Waals surface area contributed by atoms with Crippen molar-refractivity contribution in [3.63, 3.8) is 0 Å². The van der Waals surface area contributed by atoms with E-state index < -0.39 is 21.4 Å². The molecule has 7 aromatic rings. The first-order valence-corrected chi connectivity index (χ1v) is 23.2. The van der Waals surface area contributed by atoms with E-state index in [1.54, 1.807) is 0 Å². The van der Waals surface area contributed by atoms with E-state index >= 15 is 0 Å². The van der Waals surface area contributed by atoms with Crippen LogP contribution >= 0.6 is 0 Å². The van der Waals surface area contributed by atoms with Crippen molar-refractivity contribution in [1.82, 2.24) is 14.5 Å². The van der Waals surface area contributed by atoms with Gasteiger partial charge < -0.3 is 37.8 Å². The van der Waals surface area contributed by atoms with Crippen molar-refractivity contribution in [3.8, 4) is 5.82 Å². The molecule has 3 aromatic heterocycles. The van der Waals surface area contributed by atoms with Crippen molar-refractivity contribution in [2.75, 3.05) is 9.80 Å². The van der Waals surface area contributed by atoms with Crippen LogP contribution in [0.4, 0.5) is 22.7 Å². The molecule has 0 unspecified atom stereocenters. The van der Waals surface area contributed by atoms with E-state index in [1.807, 2.05) is 19.3 Å².